The Morgan fingerprint density at radius 3 is 2.75 bits per heavy atom. The molecule has 0 atom stereocenters. The molecule has 4 rings (SSSR count). The maximum Gasteiger partial charge on any atom is 0.227 e. The normalized spacial score (nSPS) is 15.5. The van der Waals surface area contributed by atoms with Gasteiger partial charge in [0.05, 0.1) is 18.0 Å². The van der Waals surface area contributed by atoms with E-state index < -0.39 is 0 Å². The minimum atomic E-state index is 0.271. The summed E-state index contributed by atoms with van der Waals surface area (Å²) in [6.45, 7) is 6.38. The van der Waals surface area contributed by atoms with Crippen molar-refractivity contribution in [2.45, 2.75) is 39.2 Å². The van der Waals surface area contributed by atoms with E-state index in [1.165, 1.54) is 0 Å². The second-order valence-corrected chi connectivity index (χ2v) is 7.61. The Morgan fingerprint density at radius 1 is 1.18 bits per heavy atom. The van der Waals surface area contributed by atoms with Gasteiger partial charge in [0.25, 0.3) is 0 Å². The number of aliphatic hydroxyl groups excluding tert-OH is 1. The number of fused-ring (bicyclic) bond motifs is 1. The van der Waals surface area contributed by atoms with Crippen molar-refractivity contribution in [1.29, 1.82) is 0 Å². The number of aliphatic hydroxyl groups is 1. The first-order valence-corrected chi connectivity index (χ1v) is 9.92. The highest BCUT2D eigenvalue weighted by Crippen LogP contribution is 2.25. The fourth-order valence-corrected chi connectivity index (χ4v) is 3.72. The predicted octanol–water partition coefficient (Wildman–Crippen LogP) is 3.14. The van der Waals surface area contributed by atoms with Crippen LogP contribution in [0.2, 0.25) is 0 Å². The van der Waals surface area contributed by atoms with Gasteiger partial charge in [-0.2, -0.15) is 4.98 Å². The molecule has 28 heavy (non-hydrogen) atoms. The number of pyridine rings is 1. The Kier molecular flexibility index (Phi) is 5.38. The zero-order chi connectivity index (χ0) is 19.5. The Bertz CT molecular complexity index is 931. The molecule has 0 amide bonds. The fraction of sp³-hybridized carbons (Fsp3) is 0.500. The summed E-state index contributed by atoms with van der Waals surface area (Å²) in [7, 11) is 0. The number of piperidine rings is 1. The maximum absolute atomic E-state index is 9.12. The summed E-state index contributed by atoms with van der Waals surface area (Å²) in [5.74, 6) is 2.80. The van der Waals surface area contributed by atoms with Crippen LogP contribution < -0.4 is 10.2 Å². The predicted molar refractivity (Wildman–Crippen MR) is 110 cm³/mol. The van der Waals surface area contributed by atoms with Crippen LogP contribution in [-0.2, 0) is 0 Å². The van der Waals surface area contributed by atoms with Crippen LogP contribution in [0.15, 0.2) is 30.9 Å². The summed E-state index contributed by atoms with van der Waals surface area (Å²) in [6, 6.07) is 4.19. The minimum absolute atomic E-state index is 0.271. The quantitative estimate of drug-likeness (QED) is 0.677. The van der Waals surface area contributed by atoms with Crippen molar-refractivity contribution in [2.24, 2.45) is 5.92 Å². The summed E-state index contributed by atoms with van der Waals surface area (Å²) in [4.78, 5) is 20.2. The summed E-state index contributed by atoms with van der Waals surface area (Å²) in [6.07, 6.45) is 8.44. The molecule has 4 heterocycles. The lowest BCUT2D eigenvalue weighted by atomic mass is 9.94. The van der Waals surface area contributed by atoms with Crippen molar-refractivity contribution >= 4 is 28.6 Å². The van der Waals surface area contributed by atoms with E-state index in [1.54, 1.807) is 12.4 Å². The first-order chi connectivity index (χ1) is 13.6. The van der Waals surface area contributed by atoms with E-state index in [0.29, 0.717) is 12.0 Å². The summed E-state index contributed by atoms with van der Waals surface area (Å²) < 4.78 is 2.13. The van der Waals surface area contributed by atoms with Crippen molar-refractivity contribution in [3.05, 3.63) is 30.9 Å². The van der Waals surface area contributed by atoms with Crippen LogP contribution in [0.3, 0.4) is 0 Å². The maximum atomic E-state index is 9.12. The molecule has 3 aromatic rings. The number of aromatic nitrogens is 5. The minimum Gasteiger partial charge on any atom is -0.396 e. The number of nitrogens with zero attached hydrogens (tertiary/aromatic N) is 6. The van der Waals surface area contributed by atoms with Gasteiger partial charge in [0, 0.05) is 38.0 Å². The van der Waals surface area contributed by atoms with Gasteiger partial charge in [-0.1, -0.05) is 0 Å². The van der Waals surface area contributed by atoms with E-state index in [2.05, 4.69) is 48.6 Å². The standard InChI is InChI=1S/C20H27N7O/c1-14(2)27-13-23-16-12-22-19(11-17(16)27)24-18-3-7-21-20(25-18)26-8-4-15(5-9-26)6-10-28/h3,7,11-15,28H,4-6,8-10H2,1-2H3,(H,21,22,24,25). The molecular weight excluding hydrogens is 354 g/mol. The first-order valence-electron chi connectivity index (χ1n) is 9.92. The smallest absolute Gasteiger partial charge is 0.227 e. The molecule has 0 bridgehead atoms. The number of hydrogen-bond donors (Lipinski definition) is 2. The van der Waals surface area contributed by atoms with Gasteiger partial charge in [0.2, 0.25) is 5.95 Å². The van der Waals surface area contributed by atoms with E-state index in [0.717, 1.165) is 61.0 Å². The zero-order valence-corrected chi connectivity index (χ0v) is 16.4. The summed E-state index contributed by atoms with van der Waals surface area (Å²) in [5, 5.41) is 12.4. The molecule has 0 aliphatic carbocycles. The molecule has 148 valence electrons. The molecule has 3 aromatic heterocycles. The summed E-state index contributed by atoms with van der Waals surface area (Å²) >= 11 is 0. The van der Waals surface area contributed by atoms with Crippen LogP contribution in [0.1, 0.15) is 39.2 Å². The van der Waals surface area contributed by atoms with Crippen molar-refractivity contribution in [3.63, 3.8) is 0 Å². The topological polar surface area (TPSA) is 92.0 Å². The van der Waals surface area contributed by atoms with Crippen LogP contribution >= 0.6 is 0 Å². The number of imidazole rings is 1. The molecule has 2 N–H and O–H groups in total. The van der Waals surface area contributed by atoms with Gasteiger partial charge in [-0.3, -0.25) is 0 Å². The van der Waals surface area contributed by atoms with Crippen molar-refractivity contribution in [2.75, 3.05) is 29.9 Å². The van der Waals surface area contributed by atoms with Crippen molar-refractivity contribution < 1.29 is 5.11 Å². The second-order valence-electron chi connectivity index (χ2n) is 7.61. The number of nitrogens with one attached hydrogen (secondary N) is 1. The van der Waals surface area contributed by atoms with E-state index in [4.69, 9.17) is 5.11 Å². The van der Waals surface area contributed by atoms with Gasteiger partial charge >= 0.3 is 0 Å². The van der Waals surface area contributed by atoms with Crippen LogP contribution in [-0.4, -0.2) is 49.3 Å². The second kappa shape index (κ2) is 8.10. The van der Waals surface area contributed by atoms with E-state index >= 15 is 0 Å². The van der Waals surface area contributed by atoms with E-state index in [1.807, 2.05) is 18.5 Å². The SMILES string of the molecule is CC(C)n1cnc2cnc(Nc3ccnc(N4CCC(CCO)CC4)n3)cc21. The molecule has 1 fully saturated rings. The Balaban J connectivity index is 1.49. The third kappa shape index (κ3) is 3.91. The average molecular weight is 381 g/mol. The zero-order valence-electron chi connectivity index (χ0n) is 16.4. The third-order valence-corrected chi connectivity index (χ3v) is 5.35. The van der Waals surface area contributed by atoms with E-state index in [9.17, 15) is 0 Å². The van der Waals surface area contributed by atoms with Crippen LogP contribution in [0.25, 0.3) is 11.0 Å². The van der Waals surface area contributed by atoms with Crippen molar-refractivity contribution in [3.8, 4) is 0 Å². The number of anilines is 3. The molecule has 8 heteroatoms. The molecular formula is C20H27N7O. The molecule has 1 saturated heterocycles. The summed E-state index contributed by atoms with van der Waals surface area (Å²) in [5.41, 5.74) is 1.93. The molecule has 0 aromatic carbocycles. The molecule has 1 aliphatic heterocycles. The average Bonchev–Trinajstić information content (AvgIpc) is 3.13. The molecule has 0 saturated carbocycles. The molecule has 8 nitrogen and oxygen atoms in total. The molecule has 0 unspecified atom stereocenters. The lowest BCUT2D eigenvalue weighted by molar-refractivity contribution is 0.240. The van der Waals surface area contributed by atoms with Crippen molar-refractivity contribution in [1.82, 2.24) is 24.5 Å². The highest BCUT2D eigenvalue weighted by atomic mass is 16.3. The van der Waals surface area contributed by atoms with Crippen LogP contribution in [0.4, 0.5) is 17.6 Å². The first kappa shape index (κ1) is 18.6. The lowest BCUT2D eigenvalue weighted by Gasteiger charge is -2.31. The van der Waals surface area contributed by atoms with Gasteiger partial charge in [-0.15, -0.1) is 0 Å². The Hall–Kier alpha value is -2.74. The Labute approximate surface area is 164 Å². The van der Waals surface area contributed by atoms with Gasteiger partial charge in [0.1, 0.15) is 17.2 Å². The van der Waals surface area contributed by atoms with Gasteiger partial charge < -0.3 is 19.9 Å². The highest BCUT2D eigenvalue weighted by Gasteiger charge is 2.20. The number of rotatable bonds is 6. The largest absolute Gasteiger partial charge is 0.396 e. The number of hydrogen-bond acceptors (Lipinski definition) is 7. The van der Waals surface area contributed by atoms with Gasteiger partial charge in [-0.05, 0) is 45.1 Å². The Morgan fingerprint density at radius 2 is 2.00 bits per heavy atom. The monoisotopic (exact) mass is 381 g/mol. The van der Waals surface area contributed by atoms with Gasteiger partial charge in [0.15, 0.2) is 0 Å². The molecule has 0 radical (unpaired) electrons. The molecule has 1 aliphatic rings. The lowest BCUT2D eigenvalue weighted by Crippen LogP contribution is -2.35. The van der Waals surface area contributed by atoms with E-state index in [-0.39, 0.29) is 6.61 Å². The molecule has 0 spiro atoms. The van der Waals surface area contributed by atoms with Gasteiger partial charge in [-0.25, -0.2) is 15.0 Å². The van der Waals surface area contributed by atoms with Crippen LogP contribution in [0.5, 0.6) is 0 Å². The van der Waals surface area contributed by atoms with Crippen LogP contribution in [0, 0.1) is 5.92 Å². The highest BCUT2D eigenvalue weighted by molar-refractivity contribution is 5.78. The fourth-order valence-electron chi connectivity index (χ4n) is 3.72. The third-order valence-electron chi connectivity index (χ3n) is 5.35.